The van der Waals surface area contributed by atoms with Crippen LogP contribution in [-0.4, -0.2) is 65.8 Å². The summed E-state index contributed by atoms with van der Waals surface area (Å²) >= 11 is -3.83. The smallest absolute Gasteiger partial charge is 0.394 e. The Kier molecular flexibility index (Phi) is 4.64. The maximum atomic E-state index is 11.1. The summed E-state index contributed by atoms with van der Waals surface area (Å²) in [6, 6.07) is 0.245. The summed E-state index contributed by atoms with van der Waals surface area (Å²) in [5, 5.41) is 32.6. The SMILES string of the molecule is O=I(=O)Nc1nc(NC2CC2)c2ncn([C@@H]3O[C@H](CO)[C@@H](O)[C@H]3O)c2n1. The summed E-state index contributed by atoms with van der Waals surface area (Å²) in [5.74, 6) is 0.271. The van der Waals surface area contributed by atoms with Crippen LogP contribution in [-0.2, 0) is 10.9 Å². The molecule has 1 saturated carbocycles. The Morgan fingerprint density at radius 1 is 1.27 bits per heavy atom. The Labute approximate surface area is 154 Å². The van der Waals surface area contributed by atoms with Crippen LogP contribution in [0.5, 0.6) is 0 Å². The molecule has 26 heavy (non-hydrogen) atoms. The minimum Gasteiger partial charge on any atom is -0.394 e. The van der Waals surface area contributed by atoms with Crippen LogP contribution in [0.2, 0.25) is 0 Å². The lowest BCUT2D eigenvalue weighted by atomic mass is 10.1. The number of hydrogen-bond acceptors (Lipinski definition) is 10. The van der Waals surface area contributed by atoms with Crippen LogP contribution in [0.15, 0.2) is 6.33 Å². The second-order valence-electron chi connectivity index (χ2n) is 6.18. The van der Waals surface area contributed by atoms with E-state index in [9.17, 15) is 21.5 Å². The molecule has 0 amide bonds. The minimum absolute atomic E-state index is 0.107. The van der Waals surface area contributed by atoms with Crippen molar-refractivity contribution in [2.24, 2.45) is 0 Å². The van der Waals surface area contributed by atoms with E-state index in [4.69, 9.17) is 4.74 Å². The van der Waals surface area contributed by atoms with Gasteiger partial charge in [-0.2, -0.15) is 9.97 Å². The number of hydrogen-bond donors (Lipinski definition) is 5. The molecule has 2 fully saturated rings. The van der Waals surface area contributed by atoms with E-state index in [1.807, 2.05) is 0 Å². The molecule has 4 rings (SSSR count). The molecule has 5 N–H and O–H groups in total. The normalized spacial score (nSPS) is 28.8. The van der Waals surface area contributed by atoms with Crippen molar-refractivity contribution in [1.29, 1.82) is 0 Å². The Bertz CT molecular complexity index is 891. The van der Waals surface area contributed by atoms with Crippen molar-refractivity contribution in [3.63, 3.8) is 0 Å². The maximum Gasteiger partial charge on any atom is 0.420 e. The number of fused-ring (bicyclic) bond motifs is 1. The highest BCUT2D eigenvalue weighted by Crippen LogP contribution is 2.34. The molecule has 2 aliphatic rings. The number of aliphatic hydroxyl groups is 3. The molecule has 13 heteroatoms. The molecule has 1 aliphatic heterocycles. The molecule has 2 aromatic heterocycles. The van der Waals surface area contributed by atoms with Crippen molar-refractivity contribution < 1.29 is 26.2 Å². The molecule has 12 nitrogen and oxygen atoms in total. The third-order valence-electron chi connectivity index (χ3n) is 4.29. The van der Waals surface area contributed by atoms with Crippen LogP contribution in [0.4, 0.5) is 11.8 Å². The predicted octanol–water partition coefficient (Wildman–Crippen LogP) is -0.464. The van der Waals surface area contributed by atoms with Crippen molar-refractivity contribution in [2.45, 2.75) is 43.4 Å². The molecule has 1 aliphatic carbocycles. The highest BCUT2D eigenvalue weighted by molar-refractivity contribution is 14.2. The quantitative estimate of drug-likeness (QED) is 0.268. The topological polar surface area (TPSA) is 172 Å². The summed E-state index contributed by atoms with van der Waals surface area (Å²) < 4.78 is 31.3. The van der Waals surface area contributed by atoms with Gasteiger partial charge in [-0.15, -0.1) is 0 Å². The average Bonchev–Trinajstić information content (AvgIpc) is 3.24. The molecule has 0 unspecified atom stereocenters. The van der Waals surface area contributed by atoms with Gasteiger partial charge in [0.1, 0.15) is 18.3 Å². The van der Waals surface area contributed by atoms with Gasteiger partial charge in [-0.3, -0.25) is 4.57 Å². The average molecular weight is 480 g/mol. The molecule has 0 radical (unpaired) electrons. The second kappa shape index (κ2) is 6.80. The summed E-state index contributed by atoms with van der Waals surface area (Å²) in [4.78, 5) is 12.6. The van der Waals surface area contributed by atoms with E-state index in [0.29, 0.717) is 11.3 Å². The lowest BCUT2D eigenvalue weighted by Crippen LogP contribution is -2.33. The number of aliphatic hydroxyl groups excluding tert-OH is 3. The van der Waals surface area contributed by atoms with E-state index in [-0.39, 0.29) is 17.6 Å². The zero-order chi connectivity index (χ0) is 18.4. The first kappa shape index (κ1) is 17.7. The monoisotopic (exact) mass is 480 g/mol. The van der Waals surface area contributed by atoms with Crippen LogP contribution in [0.25, 0.3) is 11.2 Å². The number of rotatable bonds is 6. The zero-order valence-electron chi connectivity index (χ0n) is 13.3. The van der Waals surface area contributed by atoms with Crippen LogP contribution in [0.3, 0.4) is 0 Å². The fourth-order valence-electron chi connectivity index (χ4n) is 2.85. The molecule has 2 aromatic rings. The molecule has 0 spiro atoms. The van der Waals surface area contributed by atoms with Crippen molar-refractivity contribution in [3.05, 3.63) is 6.33 Å². The number of aromatic nitrogens is 4. The third-order valence-corrected chi connectivity index (χ3v) is 5.22. The van der Waals surface area contributed by atoms with Crippen molar-refractivity contribution >= 4 is 43.0 Å². The van der Waals surface area contributed by atoms with E-state index < -0.39 is 51.2 Å². The zero-order valence-corrected chi connectivity index (χ0v) is 15.5. The van der Waals surface area contributed by atoms with Crippen LogP contribution >= 0.6 is 20.1 Å². The van der Waals surface area contributed by atoms with E-state index >= 15 is 0 Å². The highest BCUT2D eigenvalue weighted by Gasteiger charge is 2.44. The van der Waals surface area contributed by atoms with Crippen molar-refractivity contribution in [2.75, 3.05) is 15.5 Å². The Morgan fingerprint density at radius 2 is 2.04 bits per heavy atom. The summed E-state index contributed by atoms with van der Waals surface area (Å²) in [5.41, 5.74) is 0.621. The number of imidazole rings is 1. The molecule has 1 saturated heterocycles. The summed E-state index contributed by atoms with van der Waals surface area (Å²) in [6.45, 7) is -0.460. The van der Waals surface area contributed by atoms with Gasteiger partial charge in [0.25, 0.3) is 0 Å². The van der Waals surface area contributed by atoms with Gasteiger partial charge < -0.3 is 25.4 Å². The summed E-state index contributed by atoms with van der Waals surface area (Å²) in [7, 11) is 0. The maximum absolute atomic E-state index is 11.1. The lowest BCUT2D eigenvalue weighted by Gasteiger charge is -2.17. The fourth-order valence-corrected chi connectivity index (χ4v) is 3.48. The second-order valence-corrected chi connectivity index (χ2v) is 7.96. The first-order valence-corrected chi connectivity index (χ1v) is 10.8. The predicted molar refractivity (Wildman–Crippen MR) is 94.0 cm³/mol. The Hall–Kier alpha value is -1.68. The number of halogens is 1. The molecule has 0 bridgehead atoms. The van der Waals surface area contributed by atoms with Crippen LogP contribution in [0.1, 0.15) is 19.1 Å². The van der Waals surface area contributed by atoms with E-state index in [1.165, 1.54) is 10.9 Å². The van der Waals surface area contributed by atoms with Gasteiger partial charge in [0, 0.05) is 6.04 Å². The number of ether oxygens (including phenoxy) is 1. The third kappa shape index (κ3) is 3.20. The fraction of sp³-hybridized carbons (Fsp3) is 0.615. The van der Waals surface area contributed by atoms with Gasteiger partial charge in [-0.1, -0.05) is 0 Å². The van der Waals surface area contributed by atoms with Gasteiger partial charge in [-0.25, -0.2) is 14.7 Å². The molecule has 142 valence electrons. The van der Waals surface area contributed by atoms with E-state index in [1.54, 1.807) is 0 Å². The molecule has 4 atom stereocenters. The number of anilines is 2. The molecular weight excluding hydrogens is 463 g/mol. The van der Waals surface area contributed by atoms with Crippen LogP contribution in [0, 0.1) is 0 Å². The number of nitrogens with one attached hydrogen (secondary N) is 2. The number of nitrogens with zero attached hydrogens (tertiary/aromatic N) is 4. The Balaban J connectivity index is 1.78. The van der Waals surface area contributed by atoms with Crippen LogP contribution < -0.4 is 8.85 Å². The standard InChI is InChI=1S/C13H17IN6O6/c21-3-6-8(22)9(23)12(26-6)20-4-15-7-10(16-5-1-2-5)17-13(18-11(7)20)19-14(24)25/h4-6,8-9,12,21-23H,1-3H2,(H2,16,17,18,19,24,25)/t6-,8-,9-,12-/m1/s1. The Morgan fingerprint density at radius 3 is 2.65 bits per heavy atom. The van der Waals surface area contributed by atoms with Crippen molar-refractivity contribution in [3.8, 4) is 0 Å². The molecule has 0 aromatic carbocycles. The minimum atomic E-state index is -3.83. The highest BCUT2D eigenvalue weighted by atomic mass is 127. The molecular formula is C13H17IN6O6. The first-order valence-electron chi connectivity index (χ1n) is 7.93. The largest absolute Gasteiger partial charge is 0.420 e. The summed E-state index contributed by atoms with van der Waals surface area (Å²) in [6.07, 6.45) is -1.23. The van der Waals surface area contributed by atoms with Gasteiger partial charge >= 0.3 is 20.1 Å². The van der Waals surface area contributed by atoms with Gasteiger partial charge in [0.15, 0.2) is 23.2 Å². The first-order chi connectivity index (χ1) is 12.5. The van der Waals surface area contributed by atoms with E-state index in [2.05, 4.69) is 23.8 Å². The van der Waals surface area contributed by atoms with Gasteiger partial charge in [0.2, 0.25) is 5.95 Å². The van der Waals surface area contributed by atoms with Gasteiger partial charge in [-0.05, 0) is 12.8 Å². The lowest BCUT2D eigenvalue weighted by molar-refractivity contribution is -0.0511. The van der Waals surface area contributed by atoms with E-state index in [0.717, 1.165) is 12.8 Å². The van der Waals surface area contributed by atoms with Gasteiger partial charge in [0.05, 0.1) is 12.9 Å². The molecule has 3 heterocycles. The van der Waals surface area contributed by atoms with Crippen molar-refractivity contribution in [1.82, 2.24) is 19.5 Å².